The number of nitrogens with two attached hydrogens (primary N) is 1. The highest BCUT2D eigenvalue weighted by molar-refractivity contribution is 6.31. The first-order chi connectivity index (χ1) is 8.72. The summed E-state index contributed by atoms with van der Waals surface area (Å²) in [6, 6.07) is 11.8. The van der Waals surface area contributed by atoms with Crippen LogP contribution >= 0.6 is 11.6 Å². The number of pyridine rings is 1. The number of rotatable bonds is 4. The Kier molecular flexibility index (Phi) is 4.18. The Morgan fingerprint density at radius 1 is 1.28 bits per heavy atom. The van der Waals surface area contributed by atoms with E-state index in [0.717, 1.165) is 22.6 Å². The van der Waals surface area contributed by atoms with Gasteiger partial charge in [0.1, 0.15) is 5.82 Å². The molecule has 0 aliphatic carbocycles. The fourth-order valence-corrected chi connectivity index (χ4v) is 2.24. The van der Waals surface area contributed by atoms with Crippen molar-refractivity contribution in [2.75, 3.05) is 12.8 Å². The predicted octanol–water partition coefficient (Wildman–Crippen LogP) is 2.82. The van der Waals surface area contributed by atoms with E-state index in [4.69, 9.17) is 17.3 Å². The number of nitrogen functional groups attached to an aromatic ring is 1. The lowest BCUT2D eigenvalue weighted by Crippen LogP contribution is -2.20. The van der Waals surface area contributed by atoms with Gasteiger partial charge in [-0.1, -0.05) is 35.9 Å². The fourth-order valence-electron chi connectivity index (χ4n) is 1.97. The second kappa shape index (κ2) is 5.85. The summed E-state index contributed by atoms with van der Waals surface area (Å²) >= 11 is 6.22. The highest BCUT2D eigenvalue weighted by atomic mass is 35.5. The number of likely N-dealkylation sites (N-methyl/N-ethyl adjacent to an activating group) is 1. The van der Waals surface area contributed by atoms with Gasteiger partial charge in [0.15, 0.2) is 0 Å². The fraction of sp³-hybridized carbons (Fsp3) is 0.214. The summed E-state index contributed by atoms with van der Waals surface area (Å²) in [7, 11) is 1.92. The normalized spacial score (nSPS) is 12.3. The van der Waals surface area contributed by atoms with Crippen molar-refractivity contribution in [1.82, 2.24) is 10.3 Å². The van der Waals surface area contributed by atoms with Crippen LogP contribution in [-0.2, 0) is 6.42 Å². The lowest BCUT2D eigenvalue weighted by Gasteiger charge is -2.18. The van der Waals surface area contributed by atoms with E-state index in [1.165, 1.54) is 0 Å². The Morgan fingerprint density at radius 2 is 2.06 bits per heavy atom. The average Bonchev–Trinajstić information content (AvgIpc) is 2.39. The van der Waals surface area contributed by atoms with Gasteiger partial charge in [-0.05, 0) is 36.7 Å². The first kappa shape index (κ1) is 12.9. The number of aromatic nitrogens is 1. The minimum absolute atomic E-state index is 0.130. The van der Waals surface area contributed by atoms with Gasteiger partial charge in [0.05, 0.1) is 0 Å². The van der Waals surface area contributed by atoms with Gasteiger partial charge in [-0.15, -0.1) is 0 Å². The molecule has 0 saturated heterocycles. The van der Waals surface area contributed by atoms with Gasteiger partial charge in [0, 0.05) is 17.3 Å². The molecule has 1 aromatic carbocycles. The smallest absolute Gasteiger partial charge is 0.126 e. The number of benzene rings is 1. The summed E-state index contributed by atoms with van der Waals surface area (Å²) in [5, 5.41) is 4.03. The Hall–Kier alpha value is -1.58. The Bertz CT molecular complexity index is 528. The van der Waals surface area contributed by atoms with Crippen molar-refractivity contribution < 1.29 is 0 Å². The molecule has 2 rings (SSSR count). The number of nitrogens with zero attached hydrogens (tertiary/aromatic N) is 1. The van der Waals surface area contributed by atoms with E-state index in [2.05, 4.69) is 10.3 Å². The number of hydrogen-bond donors (Lipinski definition) is 2. The zero-order chi connectivity index (χ0) is 13.0. The zero-order valence-corrected chi connectivity index (χ0v) is 11.0. The van der Waals surface area contributed by atoms with Crippen molar-refractivity contribution in [3.8, 4) is 0 Å². The van der Waals surface area contributed by atoms with Crippen molar-refractivity contribution in [3.63, 3.8) is 0 Å². The number of anilines is 1. The van der Waals surface area contributed by atoms with Gasteiger partial charge < -0.3 is 11.1 Å². The molecule has 0 bridgehead atoms. The number of hydrogen-bond acceptors (Lipinski definition) is 3. The molecule has 3 N–H and O–H groups in total. The van der Waals surface area contributed by atoms with Crippen molar-refractivity contribution >= 4 is 17.4 Å². The third kappa shape index (κ3) is 2.81. The Balaban J connectivity index is 2.26. The molecule has 0 fully saturated rings. The van der Waals surface area contributed by atoms with Crippen molar-refractivity contribution in [2.45, 2.75) is 12.5 Å². The monoisotopic (exact) mass is 261 g/mol. The van der Waals surface area contributed by atoms with E-state index in [1.54, 1.807) is 6.20 Å². The van der Waals surface area contributed by atoms with E-state index in [9.17, 15) is 0 Å². The number of nitrogens with one attached hydrogen (secondary N) is 1. The molecule has 3 nitrogen and oxygen atoms in total. The summed E-state index contributed by atoms with van der Waals surface area (Å²) in [6.07, 6.45) is 2.46. The maximum atomic E-state index is 6.22. The molecule has 0 spiro atoms. The molecule has 0 aliphatic rings. The summed E-state index contributed by atoms with van der Waals surface area (Å²) in [5.41, 5.74) is 7.97. The van der Waals surface area contributed by atoms with Crippen LogP contribution in [0.2, 0.25) is 5.02 Å². The lowest BCUT2D eigenvalue weighted by molar-refractivity contribution is 0.592. The van der Waals surface area contributed by atoms with Gasteiger partial charge in [-0.25, -0.2) is 4.98 Å². The second-order valence-corrected chi connectivity index (χ2v) is 4.52. The van der Waals surface area contributed by atoms with Crippen LogP contribution in [0.25, 0.3) is 0 Å². The standard InChI is InChI=1S/C14H16ClN3/c1-17-13(11-6-2-3-7-12(11)15)9-10-5-4-8-18-14(10)16/h2-8,13,17H,9H2,1H3,(H2,16,18). The largest absolute Gasteiger partial charge is 0.383 e. The molecule has 2 aromatic rings. The molecule has 1 aromatic heterocycles. The first-order valence-electron chi connectivity index (χ1n) is 5.83. The Morgan fingerprint density at radius 3 is 2.72 bits per heavy atom. The lowest BCUT2D eigenvalue weighted by atomic mass is 9.99. The van der Waals surface area contributed by atoms with Crippen LogP contribution in [0.5, 0.6) is 0 Å². The van der Waals surface area contributed by atoms with E-state index >= 15 is 0 Å². The van der Waals surface area contributed by atoms with Crippen LogP contribution < -0.4 is 11.1 Å². The van der Waals surface area contributed by atoms with Crippen molar-refractivity contribution in [2.24, 2.45) is 0 Å². The topological polar surface area (TPSA) is 50.9 Å². The van der Waals surface area contributed by atoms with Crippen molar-refractivity contribution in [3.05, 3.63) is 58.7 Å². The van der Waals surface area contributed by atoms with Gasteiger partial charge in [-0.2, -0.15) is 0 Å². The van der Waals surface area contributed by atoms with Crippen molar-refractivity contribution in [1.29, 1.82) is 0 Å². The molecule has 1 atom stereocenters. The van der Waals surface area contributed by atoms with Crippen LogP contribution in [0, 0.1) is 0 Å². The zero-order valence-electron chi connectivity index (χ0n) is 10.2. The van der Waals surface area contributed by atoms with Crippen LogP contribution in [0.1, 0.15) is 17.2 Å². The maximum absolute atomic E-state index is 6.22. The highest BCUT2D eigenvalue weighted by Gasteiger charge is 2.14. The summed E-state index contributed by atoms with van der Waals surface area (Å²) < 4.78 is 0. The van der Waals surface area contributed by atoms with Gasteiger partial charge in [-0.3, -0.25) is 0 Å². The highest BCUT2D eigenvalue weighted by Crippen LogP contribution is 2.26. The molecular formula is C14H16ClN3. The molecule has 0 aliphatic heterocycles. The van der Waals surface area contributed by atoms with Gasteiger partial charge in [0.2, 0.25) is 0 Å². The molecule has 0 saturated carbocycles. The van der Waals surface area contributed by atoms with E-state index in [1.807, 2.05) is 43.4 Å². The van der Waals surface area contributed by atoms with Crippen LogP contribution in [0.3, 0.4) is 0 Å². The predicted molar refractivity (Wildman–Crippen MR) is 75.6 cm³/mol. The van der Waals surface area contributed by atoms with E-state index < -0.39 is 0 Å². The van der Waals surface area contributed by atoms with E-state index in [-0.39, 0.29) is 6.04 Å². The quantitative estimate of drug-likeness (QED) is 0.890. The van der Waals surface area contributed by atoms with Crippen LogP contribution in [0.15, 0.2) is 42.6 Å². The Labute approximate surface area is 112 Å². The summed E-state index contributed by atoms with van der Waals surface area (Å²) in [6.45, 7) is 0. The molecule has 1 unspecified atom stereocenters. The SMILES string of the molecule is CNC(Cc1cccnc1N)c1ccccc1Cl. The maximum Gasteiger partial charge on any atom is 0.126 e. The van der Waals surface area contributed by atoms with Crippen LogP contribution in [-0.4, -0.2) is 12.0 Å². The summed E-state index contributed by atoms with van der Waals surface area (Å²) in [4.78, 5) is 4.10. The van der Waals surface area contributed by atoms with Gasteiger partial charge in [0.25, 0.3) is 0 Å². The van der Waals surface area contributed by atoms with Crippen LogP contribution in [0.4, 0.5) is 5.82 Å². The molecular weight excluding hydrogens is 246 g/mol. The van der Waals surface area contributed by atoms with Gasteiger partial charge >= 0.3 is 0 Å². The average molecular weight is 262 g/mol. The number of halogens is 1. The van der Waals surface area contributed by atoms with E-state index in [0.29, 0.717) is 5.82 Å². The third-order valence-corrected chi connectivity index (χ3v) is 3.32. The first-order valence-corrected chi connectivity index (χ1v) is 6.21. The molecule has 94 valence electrons. The second-order valence-electron chi connectivity index (χ2n) is 4.11. The third-order valence-electron chi connectivity index (χ3n) is 2.98. The molecule has 18 heavy (non-hydrogen) atoms. The molecule has 0 radical (unpaired) electrons. The molecule has 4 heteroatoms. The minimum atomic E-state index is 0.130. The molecule has 0 amide bonds. The molecule has 1 heterocycles. The minimum Gasteiger partial charge on any atom is -0.383 e. The summed E-state index contributed by atoms with van der Waals surface area (Å²) in [5.74, 6) is 0.574.